The van der Waals surface area contributed by atoms with Gasteiger partial charge in [-0.15, -0.1) is 0 Å². The average molecular weight is 415 g/mol. The molecule has 0 saturated heterocycles. The van der Waals surface area contributed by atoms with Crippen molar-refractivity contribution in [1.29, 1.82) is 5.26 Å². The maximum Gasteiger partial charge on any atom is 0.446 e. The summed E-state index contributed by atoms with van der Waals surface area (Å²) >= 11 is 1.44. The van der Waals surface area contributed by atoms with Crippen LogP contribution in [0.1, 0.15) is 18.1 Å². The summed E-state index contributed by atoms with van der Waals surface area (Å²) in [6.07, 6.45) is -0.160. The summed E-state index contributed by atoms with van der Waals surface area (Å²) in [6, 6.07) is 4.35. The Bertz CT molecular complexity index is 555. The summed E-state index contributed by atoms with van der Waals surface area (Å²) in [7, 11) is 0. The minimum absolute atomic E-state index is 0.0801. The maximum atomic E-state index is 12.5. The molecule has 3 nitrogen and oxygen atoms in total. The first-order chi connectivity index (χ1) is 9.26. The predicted molar refractivity (Wildman–Crippen MR) is 76.1 cm³/mol. The lowest BCUT2D eigenvalue weighted by molar-refractivity contribution is -0.142. The zero-order valence-electron chi connectivity index (χ0n) is 10.3. The van der Waals surface area contributed by atoms with Gasteiger partial charge in [0.1, 0.15) is 0 Å². The van der Waals surface area contributed by atoms with E-state index < -0.39 is 11.5 Å². The number of nitriles is 1. The molecule has 0 heterocycles. The molecule has 1 rings (SSSR count). The van der Waals surface area contributed by atoms with E-state index in [4.69, 9.17) is 10.00 Å². The predicted octanol–water partition coefficient (Wildman–Crippen LogP) is 3.88. The number of esters is 1. The number of nitrogens with zero attached hydrogens (tertiary/aromatic N) is 1. The minimum Gasteiger partial charge on any atom is -0.466 e. The molecule has 0 aliphatic rings. The first kappa shape index (κ1) is 17.1. The molecular weight excluding hydrogens is 406 g/mol. The van der Waals surface area contributed by atoms with Gasteiger partial charge in [0, 0.05) is 8.47 Å². The van der Waals surface area contributed by atoms with Crippen molar-refractivity contribution >= 4 is 40.3 Å². The Morgan fingerprint density at radius 1 is 1.50 bits per heavy atom. The zero-order chi connectivity index (χ0) is 15.3. The van der Waals surface area contributed by atoms with E-state index in [0.29, 0.717) is 9.13 Å². The van der Waals surface area contributed by atoms with E-state index in [1.54, 1.807) is 35.6 Å². The topological polar surface area (TPSA) is 50.1 Å². The van der Waals surface area contributed by atoms with E-state index in [1.807, 2.05) is 0 Å². The molecule has 0 N–H and O–H groups in total. The SMILES string of the molecule is CCOC(=O)Cc1cc(C#N)cc(SC(F)(F)F)c1I. The molecular formula is C12H9F3INO2S. The van der Waals surface area contributed by atoms with Crippen molar-refractivity contribution < 1.29 is 22.7 Å². The van der Waals surface area contributed by atoms with Crippen LogP contribution in [0.2, 0.25) is 0 Å². The van der Waals surface area contributed by atoms with Crippen molar-refractivity contribution in [3.8, 4) is 6.07 Å². The van der Waals surface area contributed by atoms with Gasteiger partial charge in [-0.2, -0.15) is 18.4 Å². The number of alkyl halides is 3. The fourth-order valence-electron chi connectivity index (χ4n) is 1.42. The van der Waals surface area contributed by atoms with Gasteiger partial charge in [0.15, 0.2) is 0 Å². The number of carbonyl (C=O) groups is 1. The monoisotopic (exact) mass is 415 g/mol. The quantitative estimate of drug-likeness (QED) is 0.426. The Kier molecular flexibility index (Phi) is 6.13. The van der Waals surface area contributed by atoms with E-state index in [0.717, 1.165) is 6.07 Å². The van der Waals surface area contributed by atoms with Gasteiger partial charge in [-0.3, -0.25) is 4.79 Å². The molecule has 0 aromatic heterocycles. The lowest BCUT2D eigenvalue weighted by atomic mass is 10.1. The van der Waals surface area contributed by atoms with Crippen LogP contribution in [0.15, 0.2) is 17.0 Å². The molecule has 20 heavy (non-hydrogen) atoms. The van der Waals surface area contributed by atoms with Crippen molar-refractivity contribution in [3.63, 3.8) is 0 Å². The Morgan fingerprint density at radius 2 is 2.15 bits per heavy atom. The molecule has 8 heteroatoms. The highest BCUT2D eigenvalue weighted by atomic mass is 127. The lowest BCUT2D eigenvalue weighted by Gasteiger charge is -2.12. The first-order valence-corrected chi connectivity index (χ1v) is 7.30. The molecule has 0 fully saturated rings. The molecule has 0 bridgehead atoms. The molecule has 0 atom stereocenters. The van der Waals surface area contributed by atoms with Gasteiger partial charge in [0.05, 0.1) is 24.7 Å². The van der Waals surface area contributed by atoms with Gasteiger partial charge in [0.2, 0.25) is 0 Å². The number of ether oxygens (including phenoxy) is 1. The number of carbonyl (C=O) groups excluding carboxylic acids is 1. The normalized spacial score (nSPS) is 11.0. The summed E-state index contributed by atoms with van der Waals surface area (Å²) in [5.74, 6) is -0.538. The van der Waals surface area contributed by atoms with Crippen LogP contribution in [0, 0.1) is 14.9 Å². The van der Waals surface area contributed by atoms with E-state index in [1.165, 1.54) is 6.07 Å². The number of halogens is 4. The van der Waals surface area contributed by atoms with Crippen LogP contribution >= 0.6 is 34.4 Å². The van der Waals surface area contributed by atoms with Crippen molar-refractivity contribution in [2.45, 2.75) is 23.7 Å². The third-order valence-electron chi connectivity index (χ3n) is 2.11. The van der Waals surface area contributed by atoms with E-state index >= 15 is 0 Å². The number of rotatable bonds is 4. The van der Waals surface area contributed by atoms with Gasteiger partial charge < -0.3 is 4.74 Å². The summed E-state index contributed by atoms with van der Waals surface area (Å²) in [4.78, 5) is 11.3. The second-order valence-electron chi connectivity index (χ2n) is 3.59. The maximum absolute atomic E-state index is 12.5. The third kappa shape index (κ3) is 5.20. The van der Waals surface area contributed by atoms with Crippen LogP contribution in [-0.2, 0) is 16.0 Å². The standard InChI is InChI=1S/C12H9F3INO2S/c1-2-19-10(18)5-8-3-7(6-17)4-9(11(8)16)20-12(13,14)15/h3-4H,2,5H2,1H3. The Labute approximate surface area is 131 Å². The van der Waals surface area contributed by atoms with Crippen LogP contribution in [0.4, 0.5) is 13.2 Å². The third-order valence-corrected chi connectivity index (χ3v) is 4.52. The fourth-order valence-corrected chi connectivity index (χ4v) is 2.90. The van der Waals surface area contributed by atoms with Crippen LogP contribution in [0.5, 0.6) is 0 Å². The second-order valence-corrected chi connectivity index (χ2v) is 5.77. The smallest absolute Gasteiger partial charge is 0.446 e. The van der Waals surface area contributed by atoms with Gasteiger partial charge in [-0.25, -0.2) is 0 Å². The zero-order valence-corrected chi connectivity index (χ0v) is 13.2. The molecule has 0 spiro atoms. The molecule has 108 valence electrons. The Morgan fingerprint density at radius 3 is 2.65 bits per heavy atom. The molecule has 0 unspecified atom stereocenters. The van der Waals surface area contributed by atoms with Crippen LogP contribution < -0.4 is 0 Å². The Hall–Kier alpha value is -0.950. The number of hydrogen-bond donors (Lipinski definition) is 0. The van der Waals surface area contributed by atoms with Gasteiger partial charge >= 0.3 is 11.5 Å². The highest BCUT2D eigenvalue weighted by Gasteiger charge is 2.31. The summed E-state index contributed by atoms with van der Waals surface area (Å²) in [5, 5.41) is 8.85. The van der Waals surface area contributed by atoms with Gasteiger partial charge in [0.25, 0.3) is 0 Å². The van der Waals surface area contributed by atoms with E-state index in [-0.39, 0.29) is 35.2 Å². The fraction of sp³-hybridized carbons (Fsp3) is 0.333. The number of hydrogen-bond acceptors (Lipinski definition) is 4. The number of thioether (sulfide) groups is 1. The van der Waals surface area contributed by atoms with Crippen molar-refractivity contribution in [1.82, 2.24) is 0 Å². The van der Waals surface area contributed by atoms with Gasteiger partial charge in [-0.05, 0) is 59.0 Å². The van der Waals surface area contributed by atoms with E-state index in [2.05, 4.69) is 0 Å². The first-order valence-electron chi connectivity index (χ1n) is 5.40. The van der Waals surface area contributed by atoms with Crippen LogP contribution in [0.25, 0.3) is 0 Å². The van der Waals surface area contributed by atoms with Crippen molar-refractivity contribution in [2.75, 3.05) is 6.61 Å². The molecule has 0 radical (unpaired) electrons. The summed E-state index contributed by atoms with van der Waals surface area (Å²) in [5.41, 5.74) is -4.01. The largest absolute Gasteiger partial charge is 0.466 e. The van der Waals surface area contributed by atoms with Crippen molar-refractivity contribution in [2.24, 2.45) is 0 Å². The van der Waals surface area contributed by atoms with Crippen LogP contribution in [0.3, 0.4) is 0 Å². The minimum atomic E-state index is -4.45. The number of benzene rings is 1. The molecule has 1 aromatic carbocycles. The molecule has 0 aliphatic carbocycles. The second kappa shape index (κ2) is 7.17. The summed E-state index contributed by atoms with van der Waals surface area (Å²) < 4.78 is 42.4. The van der Waals surface area contributed by atoms with E-state index in [9.17, 15) is 18.0 Å². The summed E-state index contributed by atoms with van der Waals surface area (Å²) in [6.45, 7) is 1.83. The molecule has 0 aliphatic heterocycles. The highest BCUT2D eigenvalue weighted by Crippen LogP contribution is 2.40. The van der Waals surface area contributed by atoms with Crippen molar-refractivity contribution in [3.05, 3.63) is 26.8 Å². The average Bonchev–Trinajstić information content (AvgIpc) is 2.32. The molecule has 1 aromatic rings. The van der Waals surface area contributed by atoms with Crippen LogP contribution in [-0.4, -0.2) is 18.1 Å². The highest BCUT2D eigenvalue weighted by molar-refractivity contribution is 14.1. The molecule has 0 saturated carbocycles. The lowest BCUT2D eigenvalue weighted by Crippen LogP contribution is -2.10. The van der Waals surface area contributed by atoms with Gasteiger partial charge in [-0.1, -0.05) is 0 Å². The molecule has 0 amide bonds. The Balaban J connectivity index is 3.15.